The molecule has 0 aliphatic carbocycles. The van der Waals surface area contributed by atoms with Gasteiger partial charge in [-0.05, 0) is 36.2 Å². The van der Waals surface area contributed by atoms with Gasteiger partial charge in [-0.1, -0.05) is 26.0 Å². The number of amides is 2. The second-order valence-electron chi connectivity index (χ2n) is 7.12. The summed E-state index contributed by atoms with van der Waals surface area (Å²) in [6, 6.07) is 8.47. The second kappa shape index (κ2) is 11.2. The van der Waals surface area contributed by atoms with Crippen LogP contribution in [0.3, 0.4) is 0 Å². The fraction of sp³-hybridized carbons (Fsp3) is 0.409. The highest BCUT2D eigenvalue weighted by molar-refractivity contribution is 5.95. The molecule has 0 aliphatic heterocycles. The van der Waals surface area contributed by atoms with Gasteiger partial charge in [-0.25, -0.2) is 8.78 Å². The summed E-state index contributed by atoms with van der Waals surface area (Å²) in [7, 11) is 0. The number of ether oxygens (including phenoxy) is 1. The third-order valence-electron chi connectivity index (χ3n) is 4.52. The molecule has 2 N–H and O–H groups in total. The summed E-state index contributed by atoms with van der Waals surface area (Å²) >= 11 is 0. The maximum atomic E-state index is 12.7. The van der Waals surface area contributed by atoms with E-state index in [9.17, 15) is 18.4 Å². The molecule has 0 aliphatic rings. The quantitative estimate of drug-likeness (QED) is 0.619. The molecule has 30 heavy (non-hydrogen) atoms. The summed E-state index contributed by atoms with van der Waals surface area (Å²) in [4.78, 5) is 28.6. The number of aromatic nitrogens is 1. The van der Waals surface area contributed by atoms with Crippen LogP contribution in [0, 0.1) is 12.8 Å². The monoisotopic (exact) mass is 419 g/mol. The van der Waals surface area contributed by atoms with E-state index in [4.69, 9.17) is 4.74 Å². The standard InChI is InChI=1S/C22H27F2N3O3/c1-14(2)21(28)26-11-9-18-17(7-5-10-25-18)22(29)27-12-16-6-4-8-19(15(16)3)30-13-20(23)24/h4-8,10,14,20H,9,11-13H2,1-3H3,(H,26,28)(H,27,29). The SMILES string of the molecule is Cc1c(CNC(=O)c2cccnc2CCNC(=O)C(C)C)cccc1OCC(F)F. The van der Waals surface area contributed by atoms with Crippen molar-refractivity contribution >= 4 is 11.8 Å². The molecule has 6 nitrogen and oxygen atoms in total. The van der Waals surface area contributed by atoms with E-state index in [0.29, 0.717) is 35.5 Å². The number of carbonyl (C=O) groups is 2. The molecule has 0 radical (unpaired) electrons. The summed E-state index contributed by atoms with van der Waals surface area (Å²) in [6.45, 7) is 5.30. The van der Waals surface area contributed by atoms with Crippen molar-refractivity contribution in [2.45, 2.75) is 40.2 Å². The Balaban J connectivity index is 2.00. The van der Waals surface area contributed by atoms with E-state index in [1.165, 1.54) is 0 Å². The lowest BCUT2D eigenvalue weighted by atomic mass is 10.1. The average molecular weight is 419 g/mol. The fourth-order valence-corrected chi connectivity index (χ4v) is 2.78. The summed E-state index contributed by atoms with van der Waals surface area (Å²) in [5.74, 6) is -0.0990. The zero-order chi connectivity index (χ0) is 22.1. The van der Waals surface area contributed by atoms with E-state index in [-0.39, 0.29) is 24.3 Å². The van der Waals surface area contributed by atoms with Gasteiger partial charge in [0.05, 0.1) is 11.3 Å². The van der Waals surface area contributed by atoms with E-state index < -0.39 is 13.0 Å². The number of nitrogens with zero attached hydrogens (tertiary/aromatic N) is 1. The van der Waals surface area contributed by atoms with Crippen molar-refractivity contribution in [2.24, 2.45) is 5.92 Å². The third-order valence-corrected chi connectivity index (χ3v) is 4.52. The number of alkyl halides is 2. The van der Waals surface area contributed by atoms with Gasteiger partial charge in [0.1, 0.15) is 12.4 Å². The molecular formula is C22H27F2N3O3. The molecule has 2 rings (SSSR count). The van der Waals surface area contributed by atoms with Gasteiger partial charge >= 0.3 is 0 Å². The molecule has 1 aromatic heterocycles. The molecule has 0 atom stereocenters. The molecule has 0 unspecified atom stereocenters. The van der Waals surface area contributed by atoms with Crippen LogP contribution >= 0.6 is 0 Å². The molecule has 2 amide bonds. The number of pyridine rings is 1. The zero-order valence-corrected chi connectivity index (χ0v) is 17.4. The van der Waals surface area contributed by atoms with Crippen LogP contribution in [0.5, 0.6) is 5.75 Å². The smallest absolute Gasteiger partial charge is 0.272 e. The first kappa shape index (κ1) is 23.3. The lowest BCUT2D eigenvalue weighted by molar-refractivity contribution is -0.123. The molecule has 8 heteroatoms. The number of nitrogens with one attached hydrogen (secondary N) is 2. The van der Waals surface area contributed by atoms with Crippen molar-refractivity contribution in [1.29, 1.82) is 0 Å². The summed E-state index contributed by atoms with van der Waals surface area (Å²) in [5.41, 5.74) is 2.48. The van der Waals surface area contributed by atoms with Crippen LogP contribution < -0.4 is 15.4 Å². The lowest BCUT2D eigenvalue weighted by Gasteiger charge is -2.14. The predicted octanol–water partition coefficient (Wildman–Crippen LogP) is 3.28. The van der Waals surface area contributed by atoms with Crippen molar-refractivity contribution in [1.82, 2.24) is 15.6 Å². The minimum Gasteiger partial charge on any atom is -0.487 e. The van der Waals surface area contributed by atoms with Crippen LogP contribution in [-0.2, 0) is 17.8 Å². The van der Waals surface area contributed by atoms with Gasteiger partial charge in [0.25, 0.3) is 12.3 Å². The van der Waals surface area contributed by atoms with Crippen LogP contribution in [-0.4, -0.2) is 36.4 Å². The first-order valence-electron chi connectivity index (χ1n) is 9.78. The molecule has 0 spiro atoms. The number of hydrogen-bond acceptors (Lipinski definition) is 4. The molecule has 0 bridgehead atoms. The van der Waals surface area contributed by atoms with Gasteiger partial charge in [-0.15, -0.1) is 0 Å². The molecule has 1 aromatic carbocycles. The Morgan fingerprint density at radius 3 is 2.60 bits per heavy atom. The van der Waals surface area contributed by atoms with Crippen molar-refractivity contribution in [2.75, 3.05) is 13.2 Å². The van der Waals surface area contributed by atoms with Gasteiger partial charge in [-0.3, -0.25) is 14.6 Å². The minimum absolute atomic E-state index is 0.0543. The van der Waals surface area contributed by atoms with E-state index in [0.717, 1.165) is 5.56 Å². The Morgan fingerprint density at radius 2 is 1.90 bits per heavy atom. The van der Waals surface area contributed by atoms with Crippen LogP contribution in [0.15, 0.2) is 36.5 Å². The number of rotatable bonds is 10. The van der Waals surface area contributed by atoms with Crippen LogP contribution in [0.2, 0.25) is 0 Å². The molecule has 2 aromatic rings. The number of halogens is 2. The predicted molar refractivity (Wildman–Crippen MR) is 110 cm³/mol. The maximum absolute atomic E-state index is 12.7. The topological polar surface area (TPSA) is 80.3 Å². The molecule has 0 fully saturated rings. The zero-order valence-electron chi connectivity index (χ0n) is 17.4. The van der Waals surface area contributed by atoms with E-state index in [1.54, 1.807) is 43.5 Å². The highest BCUT2D eigenvalue weighted by Gasteiger charge is 2.14. The van der Waals surface area contributed by atoms with Gasteiger partial charge in [0.15, 0.2) is 0 Å². The Hall–Kier alpha value is -3.03. The van der Waals surface area contributed by atoms with E-state index in [1.807, 2.05) is 13.8 Å². The van der Waals surface area contributed by atoms with Crippen molar-refractivity contribution in [3.63, 3.8) is 0 Å². The van der Waals surface area contributed by atoms with Crippen LogP contribution in [0.25, 0.3) is 0 Å². The molecule has 162 valence electrons. The summed E-state index contributed by atoms with van der Waals surface area (Å²) in [5, 5.41) is 5.65. The van der Waals surface area contributed by atoms with Crippen LogP contribution in [0.1, 0.15) is 41.0 Å². The van der Waals surface area contributed by atoms with Crippen molar-refractivity contribution in [3.05, 3.63) is 58.9 Å². The lowest BCUT2D eigenvalue weighted by Crippen LogP contribution is -2.30. The molecule has 0 saturated heterocycles. The van der Waals surface area contributed by atoms with Crippen molar-refractivity contribution in [3.8, 4) is 5.75 Å². The average Bonchev–Trinajstić information content (AvgIpc) is 2.72. The Labute approximate surface area is 175 Å². The first-order chi connectivity index (χ1) is 14.3. The number of carbonyl (C=O) groups excluding carboxylic acids is 2. The molecule has 1 heterocycles. The highest BCUT2D eigenvalue weighted by Crippen LogP contribution is 2.22. The Morgan fingerprint density at radius 1 is 1.13 bits per heavy atom. The summed E-state index contributed by atoms with van der Waals surface area (Å²) in [6.07, 6.45) is -0.523. The first-order valence-corrected chi connectivity index (χ1v) is 9.78. The fourth-order valence-electron chi connectivity index (χ4n) is 2.78. The number of benzene rings is 1. The maximum Gasteiger partial charge on any atom is 0.272 e. The van der Waals surface area contributed by atoms with Gasteiger partial charge in [0, 0.05) is 31.6 Å². The van der Waals surface area contributed by atoms with Crippen LogP contribution in [0.4, 0.5) is 8.78 Å². The normalized spacial score (nSPS) is 10.9. The number of hydrogen-bond donors (Lipinski definition) is 2. The second-order valence-corrected chi connectivity index (χ2v) is 7.12. The van der Waals surface area contributed by atoms with E-state index in [2.05, 4.69) is 15.6 Å². The van der Waals surface area contributed by atoms with Gasteiger partial charge in [0.2, 0.25) is 5.91 Å². The minimum atomic E-state index is -2.55. The van der Waals surface area contributed by atoms with Gasteiger partial charge < -0.3 is 15.4 Å². The Kier molecular flexibility index (Phi) is 8.70. The van der Waals surface area contributed by atoms with E-state index >= 15 is 0 Å². The molecular weight excluding hydrogens is 392 g/mol. The Bertz CT molecular complexity index is 872. The third kappa shape index (κ3) is 6.79. The van der Waals surface area contributed by atoms with Crippen molar-refractivity contribution < 1.29 is 23.1 Å². The van der Waals surface area contributed by atoms with Gasteiger partial charge in [-0.2, -0.15) is 0 Å². The highest BCUT2D eigenvalue weighted by atomic mass is 19.3. The summed E-state index contributed by atoms with van der Waals surface area (Å²) < 4.78 is 29.9. The largest absolute Gasteiger partial charge is 0.487 e. The molecule has 0 saturated carbocycles.